The first kappa shape index (κ1) is 46.5. The standard InChI is InChI=1S/C50H64N10O6S/c1-32-28-57(35-16-21-56(22-17-35)36-15-19-51-43(27-36)50(2,3)66)24-25-58(32)39-13-12-34(26-33(39)11-14-45(63)52-31-62)53-47-49(65)55(4)29-44(54-47)59-20-7-9-40(41(59)30-61)60-23-18-38-37-8-5-6-10-42(37)67-46(38)48(60)64/h11-15,19,26-27,29,31-32,35,40-41,61,66H,5-10,16-18,20-25,28,30H2,1-4H3,(H,53,54)(H,52,62,63)/t32-,40?,41?/m0/s1. The first-order valence-electron chi connectivity index (χ1n) is 24.0. The third-order valence-electron chi connectivity index (χ3n) is 14.6. The summed E-state index contributed by atoms with van der Waals surface area (Å²) in [6, 6.07) is 9.77. The van der Waals surface area contributed by atoms with Crippen molar-refractivity contribution in [1.29, 1.82) is 0 Å². The summed E-state index contributed by atoms with van der Waals surface area (Å²) >= 11 is 1.67. The summed E-state index contributed by atoms with van der Waals surface area (Å²) in [7, 11) is 1.69. The average molecular weight is 933 g/mol. The lowest BCUT2D eigenvalue weighted by Gasteiger charge is -2.47. The van der Waals surface area contributed by atoms with E-state index in [0.717, 1.165) is 99.5 Å². The van der Waals surface area contributed by atoms with E-state index < -0.39 is 17.6 Å². The number of aryl methyl sites for hydroxylation is 2. The van der Waals surface area contributed by atoms with E-state index in [1.165, 1.54) is 39.5 Å². The summed E-state index contributed by atoms with van der Waals surface area (Å²) in [6.07, 6.45) is 15.7. The summed E-state index contributed by atoms with van der Waals surface area (Å²) in [6.45, 7) is 11.1. The highest BCUT2D eigenvalue weighted by molar-refractivity contribution is 7.14. The van der Waals surface area contributed by atoms with Gasteiger partial charge in [-0.2, -0.15) is 0 Å². The molecule has 7 heterocycles. The number of thiophene rings is 1. The van der Waals surface area contributed by atoms with Gasteiger partial charge in [-0.05, 0) is 126 Å². The second kappa shape index (κ2) is 19.5. The third kappa shape index (κ3) is 9.60. The number of benzene rings is 1. The Kier molecular flexibility index (Phi) is 13.6. The predicted molar refractivity (Wildman–Crippen MR) is 262 cm³/mol. The molecular weight excluding hydrogens is 869 g/mol. The quantitative estimate of drug-likeness (QED) is 0.115. The number of fused-ring (bicyclic) bond motifs is 3. The fourth-order valence-corrected chi connectivity index (χ4v) is 12.5. The zero-order valence-electron chi connectivity index (χ0n) is 39.1. The maximum atomic E-state index is 14.2. The van der Waals surface area contributed by atoms with Crippen molar-refractivity contribution in [3.05, 3.63) is 91.3 Å². The molecule has 16 nitrogen and oxygen atoms in total. The first-order chi connectivity index (χ1) is 32.3. The summed E-state index contributed by atoms with van der Waals surface area (Å²) < 4.78 is 1.49. The van der Waals surface area contributed by atoms with Crippen LogP contribution in [0.1, 0.15) is 96.2 Å². The van der Waals surface area contributed by atoms with E-state index >= 15 is 0 Å². The molecule has 9 rings (SSSR count). The number of hydrogen-bond acceptors (Lipinski definition) is 14. The Labute approximate surface area is 396 Å². The number of aliphatic hydroxyl groups is 2. The van der Waals surface area contributed by atoms with Gasteiger partial charge in [-0.3, -0.25) is 34.4 Å². The largest absolute Gasteiger partial charge is 0.394 e. The number of anilines is 5. The maximum absolute atomic E-state index is 14.2. The third-order valence-corrected chi connectivity index (χ3v) is 15.9. The van der Waals surface area contributed by atoms with Gasteiger partial charge in [-0.25, -0.2) is 4.98 Å². The Hall–Kier alpha value is -5.62. The zero-order chi connectivity index (χ0) is 47.0. The number of nitrogens with one attached hydrogen (secondary N) is 2. The van der Waals surface area contributed by atoms with Gasteiger partial charge < -0.3 is 39.7 Å². The van der Waals surface area contributed by atoms with Gasteiger partial charge >= 0.3 is 0 Å². The van der Waals surface area contributed by atoms with E-state index in [1.54, 1.807) is 50.7 Å². The van der Waals surface area contributed by atoms with Crippen LogP contribution in [0.25, 0.3) is 6.08 Å². The molecule has 1 aromatic carbocycles. The van der Waals surface area contributed by atoms with E-state index in [0.29, 0.717) is 42.7 Å². The molecule has 3 atom stereocenters. The molecule has 0 spiro atoms. The molecule has 0 radical (unpaired) electrons. The number of aliphatic hydroxyl groups excluding tert-OH is 1. The number of pyridine rings is 1. The maximum Gasteiger partial charge on any atom is 0.293 e. The molecule has 356 valence electrons. The van der Waals surface area contributed by atoms with Crippen LogP contribution in [0.3, 0.4) is 0 Å². The molecular formula is C50H64N10O6S. The molecule has 3 fully saturated rings. The van der Waals surface area contributed by atoms with Crippen molar-refractivity contribution >= 4 is 64.3 Å². The van der Waals surface area contributed by atoms with Crippen molar-refractivity contribution in [2.75, 3.05) is 72.4 Å². The van der Waals surface area contributed by atoms with E-state index in [2.05, 4.69) is 37.2 Å². The summed E-state index contributed by atoms with van der Waals surface area (Å²) in [5, 5.41) is 27.0. The van der Waals surface area contributed by atoms with E-state index in [9.17, 15) is 29.4 Å². The molecule has 4 N–H and O–H groups in total. The molecule has 5 aliphatic rings. The molecule has 0 saturated carbocycles. The minimum Gasteiger partial charge on any atom is -0.394 e. The number of amides is 3. The lowest BCUT2D eigenvalue weighted by atomic mass is 9.89. The van der Waals surface area contributed by atoms with Crippen molar-refractivity contribution in [3.8, 4) is 0 Å². The molecule has 17 heteroatoms. The molecule has 1 aliphatic carbocycles. The van der Waals surface area contributed by atoms with Gasteiger partial charge in [-0.1, -0.05) is 0 Å². The number of carbonyl (C=O) groups is 3. The van der Waals surface area contributed by atoms with Gasteiger partial charge in [0.2, 0.25) is 12.3 Å². The average Bonchev–Trinajstić information content (AvgIpc) is 3.72. The van der Waals surface area contributed by atoms with E-state index in [4.69, 9.17) is 4.98 Å². The predicted octanol–water partition coefficient (Wildman–Crippen LogP) is 4.58. The molecule has 67 heavy (non-hydrogen) atoms. The van der Waals surface area contributed by atoms with E-state index in [-0.39, 0.29) is 36.0 Å². The molecule has 3 saturated heterocycles. The smallest absolute Gasteiger partial charge is 0.293 e. The fraction of sp³-hybridized carbons (Fsp3) is 0.520. The second-order valence-electron chi connectivity index (χ2n) is 19.4. The highest BCUT2D eigenvalue weighted by atomic mass is 32.1. The zero-order valence-corrected chi connectivity index (χ0v) is 39.9. The number of imide groups is 1. The summed E-state index contributed by atoms with van der Waals surface area (Å²) in [5.74, 6) is 0.158. The highest BCUT2D eigenvalue weighted by Crippen LogP contribution is 2.40. The lowest BCUT2D eigenvalue weighted by molar-refractivity contribution is -0.121. The molecule has 0 bridgehead atoms. The summed E-state index contributed by atoms with van der Waals surface area (Å²) in [5.41, 5.74) is 5.30. The minimum absolute atomic E-state index is 0.0661. The molecule has 3 aromatic heterocycles. The number of nitrogens with zero attached hydrogens (tertiary/aromatic N) is 8. The van der Waals surface area contributed by atoms with Crippen molar-refractivity contribution < 1.29 is 24.6 Å². The molecule has 2 unspecified atom stereocenters. The van der Waals surface area contributed by atoms with Gasteiger partial charge in [0.25, 0.3) is 11.5 Å². The fourth-order valence-electron chi connectivity index (χ4n) is 11.1. The van der Waals surface area contributed by atoms with Crippen LogP contribution in [-0.2, 0) is 41.5 Å². The first-order valence-corrected chi connectivity index (χ1v) is 24.8. The van der Waals surface area contributed by atoms with E-state index in [1.807, 2.05) is 40.1 Å². The van der Waals surface area contributed by atoms with Crippen LogP contribution in [-0.4, -0.2) is 129 Å². The Morgan fingerprint density at radius 3 is 2.51 bits per heavy atom. The Bertz CT molecular complexity index is 2580. The second-order valence-corrected chi connectivity index (χ2v) is 20.5. The van der Waals surface area contributed by atoms with Crippen LogP contribution in [0.15, 0.2) is 53.6 Å². The lowest BCUT2D eigenvalue weighted by Crippen LogP contribution is -2.60. The number of hydrogen-bond donors (Lipinski definition) is 4. The summed E-state index contributed by atoms with van der Waals surface area (Å²) in [4.78, 5) is 74.4. The van der Waals surface area contributed by atoms with Crippen LogP contribution in [0.2, 0.25) is 0 Å². The van der Waals surface area contributed by atoms with Gasteiger partial charge in [-0.15, -0.1) is 11.3 Å². The normalized spacial score (nSPS) is 21.9. The Morgan fingerprint density at radius 2 is 1.75 bits per heavy atom. The van der Waals surface area contributed by atoms with Gasteiger partial charge in [0, 0.05) is 111 Å². The minimum atomic E-state index is -1.00. The SMILES string of the molecule is C[C@H]1CN(C2CCN(c3ccnc(C(C)(C)O)c3)CC2)CCN1c1ccc(Nc2nc(N3CCCC(N4CCc5c(sc6c5CCCC6)C4=O)C3CO)cn(C)c2=O)cc1C=CC(=O)NC=O. The van der Waals surface area contributed by atoms with Crippen LogP contribution in [0.4, 0.5) is 28.7 Å². The molecule has 4 aromatic rings. The van der Waals surface area contributed by atoms with Crippen LogP contribution >= 0.6 is 11.3 Å². The van der Waals surface area contributed by atoms with Crippen LogP contribution < -0.4 is 30.9 Å². The van der Waals surface area contributed by atoms with Crippen LogP contribution in [0.5, 0.6) is 0 Å². The monoisotopic (exact) mass is 932 g/mol. The van der Waals surface area contributed by atoms with Crippen molar-refractivity contribution in [1.82, 2.24) is 29.7 Å². The Morgan fingerprint density at radius 1 is 0.940 bits per heavy atom. The number of rotatable bonds is 12. The Balaban J connectivity index is 0.908. The van der Waals surface area contributed by atoms with Crippen molar-refractivity contribution in [2.45, 2.75) is 108 Å². The van der Waals surface area contributed by atoms with Gasteiger partial charge in [0.05, 0.1) is 29.3 Å². The van der Waals surface area contributed by atoms with Gasteiger partial charge in [0.15, 0.2) is 5.82 Å². The molecule has 3 amide bonds. The van der Waals surface area contributed by atoms with Crippen molar-refractivity contribution in [2.24, 2.45) is 7.05 Å². The number of piperidine rings is 2. The topological polar surface area (TPSA) is 180 Å². The number of aromatic nitrogens is 3. The van der Waals surface area contributed by atoms with Crippen LogP contribution in [0, 0.1) is 0 Å². The van der Waals surface area contributed by atoms with Gasteiger partial charge in [0.1, 0.15) is 11.4 Å². The number of carbonyl (C=O) groups excluding carboxylic acids is 3. The molecule has 4 aliphatic heterocycles. The number of piperazine rings is 1. The van der Waals surface area contributed by atoms with Crippen molar-refractivity contribution in [3.63, 3.8) is 0 Å². The highest BCUT2D eigenvalue weighted by Gasteiger charge is 2.42.